The summed E-state index contributed by atoms with van der Waals surface area (Å²) >= 11 is 4.39. The molecule has 6 nitrogen and oxygen atoms in total. The van der Waals surface area contributed by atoms with Gasteiger partial charge in [-0.3, -0.25) is 5.43 Å². The molecule has 0 amide bonds. The second-order valence-electron chi connectivity index (χ2n) is 3.11. The van der Waals surface area contributed by atoms with Gasteiger partial charge in [-0.15, -0.1) is 18.0 Å². The minimum atomic E-state index is -4.84. The predicted molar refractivity (Wildman–Crippen MR) is 63.4 cm³/mol. The SMILES string of the molecule is NC(=S)NNS(=O)(=O)c1ccc(OC(F)(F)F)cc1. The van der Waals surface area contributed by atoms with Crippen molar-refractivity contribution in [2.75, 3.05) is 0 Å². The molecule has 0 heterocycles. The van der Waals surface area contributed by atoms with Crippen LogP contribution in [0.1, 0.15) is 0 Å². The molecule has 1 rings (SSSR count). The fraction of sp³-hybridized carbons (Fsp3) is 0.125. The summed E-state index contributed by atoms with van der Waals surface area (Å²) in [6, 6.07) is 3.60. The van der Waals surface area contributed by atoms with Gasteiger partial charge in [0.15, 0.2) is 5.11 Å². The van der Waals surface area contributed by atoms with Gasteiger partial charge in [-0.2, -0.15) is 0 Å². The summed E-state index contributed by atoms with van der Waals surface area (Å²) in [5.74, 6) is -0.534. The van der Waals surface area contributed by atoms with E-state index in [1.807, 2.05) is 10.3 Å². The summed E-state index contributed by atoms with van der Waals surface area (Å²) in [7, 11) is -3.98. The zero-order valence-electron chi connectivity index (χ0n) is 9.06. The summed E-state index contributed by atoms with van der Waals surface area (Å²) in [5.41, 5.74) is 7.02. The molecule has 19 heavy (non-hydrogen) atoms. The van der Waals surface area contributed by atoms with Crippen LogP contribution in [0, 0.1) is 0 Å². The Labute approximate surface area is 111 Å². The molecular weight excluding hydrogens is 307 g/mol. The molecule has 11 heteroatoms. The molecule has 0 fully saturated rings. The molecule has 0 saturated heterocycles. The molecule has 1 aromatic rings. The number of alkyl halides is 3. The number of halogens is 3. The van der Waals surface area contributed by atoms with Gasteiger partial charge in [-0.1, -0.05) is 0 Å². The second kappa shape index (κ2) is 5.59. The van der Waals surface area contributed by atoms with Crippen molar-refractivity contribution in [3.8, 4) is 5.75 Å². The molecular formula is C8H8F3N3O3S2. The largest absolute Gasteiger partial charge is 0.573 e. The van der Waals surface area contributed by atoms with Crippen LogP contribution in [0.4, 0.5) is 13.2 Å². The number of hydrazine groups is 1. The van der Waals surface area contributed by atoms with Crippen LogP contribution < -0.4 is 20.7 Å². The normalized spacial score (nSPS) is 11.9. The van der Waals surface area contributed by atoms with Crippen molar-refractivity contribution < 1.29 is 26.3 Å². The van der Waals surface area contributed by atoms with E-state index in [-0.39, 0.29) is 10.0 Å². The van der Waals surface area contributed by atoms with Gasteiger partial charge >= 0.3 is 6.36 Å². The number of nitrogens with one attached hydrogen (secondary N) is 2. The number of nitrogens with two attached hydrogens (primary N) is 1. The average molecular weight is 315 g/mol. The van der Waals surface area contributed by atoms with Crippen molar-refractivity contribution in [1.82, 2.24) is 10.3 Å². The maximum Gasteiger partial charge on any atom is 0.573 e. The first-order chi connectivity index (χ1) is 8.60. The van der Waals surface area contributed by atoms with Crippen LogP contribution in [0.25, 0.3) is 0 Å². The van der Waals surface area contributed by atoms with E-state index in [9.17, 15) is 21.6 Å². The third-order valence-electron chi connectivity index (χ3n) is 1.68. The van der Waals surface area contributed by atoms with Crippen LogP contribution in [0.3, 0.4) is 0 Å². The molecule has 0 spiro atoms. The number of thiocarbonyl (C=S) groups is 1. The maximum absolute atomic E-state index is 11.9. The van der Waals surface area contributed by atoms with Crippen LogP contribution >= 0.6 is 12.2 Å². The Morgan fingerprint density at radius 3 is 2.21 bits per heavy atom. The minimum absolute atomic E-state index is 0.286. The predicted octanol–water partition coefficient (Wildman–Crippen LogP) is 0.612. The van der Waals surface area contributed by atoms with Crippen molar-refractivity contribution in [3.05, 3.63) is 24.3 Å². The summed E-state index contributed by atoms with van der Waals surface area (Å²) in [6.07, 6.45) is -4.84. The highest BCUT2D eigenvalue weighted by atomic mass is 32.2. The number of hydrogen-bond acceptors (Lipinski definition) is 4. The van der Waals surface area contributed by atoms with E-state index in [4.69, 9.17) is 5.73 Å². The van der Waals surface area contributed by atoms with Crippen LogP contribution in [-0.2, 0) is 10.0 Å². The zero-order valence-corrected chi connectivity index (χ0v) is 10.7. The summed E-state index contributed by atoms with van der Waals surface area (Å²) in [4.78, 5) is 1.55. The zero-order chi connectivity index (χ0) is 14.7. The van der Waals surface area contributed by atoms with Gasteiger partial charge in [0, 0.05) is 0 Å². The van der Waals surface area contributed by atoms with Gasteiger partial charge in [0.1, 0.15) is 5.75 Å². The molecule has 0 unspecified atom stereocenters. The van der Waals surface area contributed by atoms with E-state index in [0.717, 1.165) is 24.3 Å². The molecule has 0 aromatic heterocycles. The molecule has 0 bridgehead atoms. The Morgan fingerprint density at radius 2 is 1.79 bits per heavy atom. The third kappa shape index (κ3) is 5.28. The fourth-order valence-corrected chi connectivity index (χ4v) is 1.97. The van der Waals surface area contributed by atoms with E-state index in [1.165, 1.54) is 0 Å². The number of ether oxygens (including phenoxy) is 1. The van der Waals surface area contributed by atoms with Crippen molar-refractivity contribution >= 4 is 27.4 Å². The lowest BCUT2D eigenvalue weighted by molar-refractivity contribution is -0.274. The molecule has 106 valence electrons. The number of sulfonamides is 1. The van der Waals surface area contributed by atoms with Crippen molar-refractivity contribution in [1.29, 1.82) is 0 Å². The molecule has 0 saturated carbocycles. The topological polar surface area (TPSA) is 93.5 Å². The summed E-state index contributed by atoms with van der Waals surface area (Å²) in [6.45, 7) is 0. The third-order valence-corrected chi connectivity index (χ3v) is 3.04. The summed E-state index contributed by atoms with van der Waals surface area (Å²) in [5, 5.41) is -0.305. The Hall–Kier alpha value is -1.59. The fourth-order valence-electron chi connectivity index (χ4n) is 0.997. The standard InChI is InChI=1S/C8H8F3N3O3S2/c9-8(10,11)17-5-1-3-6(4-2-5)19(15,16)14-13-7(12)18/h1-4,14H,(H3,12,13,18). The van der Waals surface area contributed by atoms with E-state index in [2.05, 4.69) is 17.0 Å². The number of hydrogen-bond donors (Lipinski definition) is 3. The van der Waals surface area contributed by atoms with Gasteiger partial charge in [0.05, 0.1) is 4.90 Å². The minimum Gasteiger partial charge on any atom is -0.406 e. The van der Waals surface area contributed by atoms with Crippen LogP contribution in [0.5, 0.6) is 5.75 Å². The van der Waals surface area contributed by atoms with Gasteiger partial charge in [0.25, 0.3) is 10.0 Å². The van der Waals surface area contributed by atoms with Gasteiger partial charge in [-0.05, 0) is 36.5 Å². The molecule has 1 aromatic carbocycles. The van der Waals surface area contributed by atoms with E-state index in [1.54, 1.807) is 0 Å². The van der Waals surface area contributed by atoms with Crippen molar-refractivity contribution in [2.24, 2.45) is 5.73 Å². The molecule has 0 radical (unpaired) electrons. The Bertz CT molecular complexity index is 557. The molecule has 0 atom stereocenters. The highest BCUT2D eigenvalue weighted by molar-refractivity contribution is 7.89. The second-order valence-corrected chi connectivity index (χ2v) is 5.24. The Morgan fingerprint density at radius 1 is 1.26 bits per heavy atom. The average Bonchev–Trinajstić information content (AvgIpc) is 2.25. The highest BCUT2D eigenvalue weighted by Crippen LogP contribution is 2.23. The van der Waals surface area contributed by atoms with Crippen LogP contribution in [-0.4, -0.2) is 19.9 Å². The molecule has 4 N–H and O–H groups in total. The summed E-state index contributed by atoms with van der Waals surface area (Å²) < 4.78 is 62.4. The van der Waals surface area contributed by atoms with E-state index >= 15 is 0 Å². The Balaban J connectivity index is 2.84. The van der Waals surface area contributed by atoms with Crippen LogP contribution in [0.2, 0.25) is 0 Å². The van der Waals surface area contributed by atoms with Gasteiger partial charge in [-0.25, -0.2) is 8.42 Å². The number of rotatable bonds is 4. The molecule has 0 aliphatic carbocycles. The lowest BCUT2D eigenvalue weighted by Gasteiger charge is -2.10. The smallest absolute Gasteiger partial charge is 0.406 e. The molecule has 0 aliphatic rings. The van der Waals surface area contributed by atoms with Gasteiger partial charge < -0.3 is 10.5 Å². The first-order valence-corrected chi connectivity index (χ1v) is 6.42. The van der Waals surface area contributed by atoms with Gasteiger partial charge in [0.2, 0.25) is 0 Å². The Kier molecular flexibility index (Phi) is 4.55. The van der Waals surface area contributed by atoms with Crippen molar-refractivity contribution in [2.45, 2.75) is 11.3 Å². The first kappa shape index (κ1) is 15.5. The monoisotopic (exact) mass is 315 g/mol. The first-order valence-electron chi connectivity index (χ1n) is 4.53. The molecule has 0 aliphatic heterocycles. The quantitative estimate of drug-likeness (QED) is 0.557. The van der Waals surface area contributed by atoms with E-state index in [0.29, 0.717) is 0 Å². The maximum atomic E-state index is 11.9. The van der Waals surface area contributed by atoms with Crippen LogP contribution in [0.15, 0.2) is 29.2 Å². The highest BCUT2D eigenvalue weighted by Gasteiger charge is 2.31. The van der Waals surface area contributed by atoms with E-state index < -0.39 is 22.1 Å². The number of benzene rings is 1. The lowest BCUT2D eigenvalue weighted by Crippen LogP contribution is -2.44. The lowest BCUT2D eigenvalue weighted by atomic mass is 10.3. The van der Waals surface area contributed by atoms with Crippen molar-refractivity contribution in [3.63, 3.8) is 0 Å².